The molecule has 0 spiro atoms. The van der Waals surface area contributed by atoms with E-state index in [9.17, 15) is 4.79 Å². The van der Waals surface area contributed by atoms with Gasteiger partial charge in [0.05, 0.1) is 19.1 Å². The molecular weight excluding hydrogens is 346 g/mol. The van der Waals surface area contributed by atoms with Gasteiger partial charge >= 0.3 is 0 Å². The zero-order valence-electron chi connectivity index (χ0n) is 15.7. The van der Waals surface area contributed by atoms with Gasteiger partial charge in [-0.3, -0.25) is 9.69 Å². The van der Waals surface area contributed by atoms with Crippen molar-refractivity contribution in [2.75, 3.05) is 40.3 Å². The van der Waals surface area contributed by atoms with Gasteiger partial charge in [0.15, 0.2) is 5.82 Å². The summed E-state index contributed by atoms with van der Waals surface area (Å²) >= 11 is 0. The smallest absolute Gasteiger partial charge is 0.232 e. The fourth-order valence-corrected chi connectivity index (χ4v) is 3.68. The van der Waals surface area contributed by atoms with Crippen LogP contribution in [0.3, 0.4) is 0 Å². The van der Waals surface area contributed by atoms with Crippen molar-refractivity contribution in [3.63, 3.8) is 0 Å². The van der Waals surface area contributed by atoms with Crippen molar-refractivity contribution >= 4 is 5.91 Å². The van der Waals surface area contributed by atoms with Crippen molar-refractivity contribution < 1.29 is 14.1 Å². The Kier molecular flexibility index (Phi) is 5.09. The average Bonchev–Trinajstić information content (AvgIpc) is 3.30. The number of nitrogens with one attached hydrogen (secondary N) is 1. The first kappa shape index (κ1) is 17.9. The number of likely N-dealkylation sites (N-methyl/N-ethyl adjacent to an activating group) is 1. The topological polar surface area (TPSA) is 83.7 Å². The van der Waals surface area contributed by atoms with E-state index in [1.807, 2.05) is 29.2 Å². The van der Waals surface area contributed by atoms with Crippen LogP contribution in [0.5, 0.6) is 5.75 Å². The minimum atomic E-state index is -0.0427. The van der Waals surface area contributed by atoms with Gasteiger partial charge in [0, 0.05) is 39.1 Å². The lowest BCUT2D eigenvalue weighted by Gasteiger charge is -2.30. The third-order valence-electron chi connectivity index (χ3n) is 5.36. The number of nitrogens with zero attached hydrogens (tertiary/aromatic N) is 4. The normalized spacial score (nSPS) is 23.8. The Balaban J connectivity index is 1.41. The number of amides is 1. The van der Waals surface area contributed by atoms with Crippen molar-refractivity contribution in [2.45, 2.75) is 24.9 Å². The molecule has 2 unspecified atom stereocenters. The molecule has 1 amide bonds. The number of ether oxygens (including phenoxy) is 1. The van der Waals surface area contributed by atoms with Crippen LogP contribution in [0.1, 0.15) is 35.7 Å². The summed E-state index contributed by atoms with van der Waals surface area (Å²) in [6, 6.07) is 7.90. The van der Waals surface area contributed by atoms with Gasteiger partial charge in [-0.25, -0.2) is 0 Å². The van der Waals surface area contributed by atoms with E-state index in [2.05, 4.69) is 27.4 Å². The van der Waals surface area contributed by atoms with Crippen molar-refractivity contribution in [3.05, 3.63) is 41.5 Å². The Morgan fingerprint density at radius 1 is 1.33 bits per heavy atom. The largest absolute Gasteiger partial charge is 0.497 e. The highest BCUT2D eigenvalue weighted by Crippen LogP contribution is 2.29. The molecule has 2 aliphatic heterocycles. The molecule has 1 aromatic carbocycles. The maximum Gasteiger partial charge on any atom is 0.232 e. The van der Waals surface area contributed by atoms with Crippen molar-refractivity contribution in [2.24, 2.45) is 0 Å². The van der Waals surface area contributed by atoms with Crippen LogP contribution in [0.4, 0.5) is 0 Å². The third kappa shape index (κ3) is 3.81. The molecule has 3 heterocycles. The molecule has 8 heteroatoms. The van der Waals surface area contributed by atoms with Crippen molar-refractivity contribution in [1.82, 2.24) is 25.3 Å². The number of methoxy groups -OCH3 is 1. The molecule has 2 atom stereocenters. The summed E-state index contributed by atoms with van der Waals surface area (Å²) in [5, 5.41) is 7.53. The number of hydrogen-bond acceptors (Lipinski definition) is 7. The van der Waals surface area contributed by atoms with Crippen LogP contribution in [0.25, 0.3) is 0 Å². The van der Waals surface area contributed by atoms with Gasteiger partial charge in [0.1, 0.15) is 5.75 Å². The Hall–Kier alpha value is -2.45. The molecule has 2 aliphatic rings. The second kappa shape index (κ2) is 7.66. The predicted molar refractivity (Wildman–Crippen MR) is 98.3 cm³/mol. The molecule has 0 saturated carbocycles. The molecule has 8 nitrogen and oxygen atoms in total. The van der Waals surface area contributed by atoms with Gasteiger partial charge in [-0.05, 0) is 24.7 Å². The first-order chi connectivity index (χ1) is 13.1. The zero-order valence-corrected chi connectivity index (χ0v) is 15.7. The van der Waals surface area contributed by atoms with Crippen LogP contribution in [-0.2, 0) is 11.3 Å². The summed E-state index contributed by atoms with van der Waals surface area (Å²) in [5.41, 5.74) is 1.07. The third-order valence-corrected chi connectivity index (χ3v) is 5.36. The van der Waals surface area contributed by atoms with Crippen LogP contribution in [0, 0.1) is 0 Å². The number of benzene rings is 1. The van der Waals surface area contributed by atoms with Gasteiger partial charge in [0.25, 0.3) is 0 Å². The van der Waals surface area contributed by atoms with Crippen LogP contribution >= 0.6 is 0 Å². The Morgan fingerprint density at radius 3 is 2.89 bits per heavy atom. The lowest BCUT2D eigenvalue weighted by Crippen LogP contribution is -2.44. The summed E-state index contributed by atoms with van der Waals surface area (Å²) in [5.74, 6) is 2.14. The zero-order chi connectivity index (χ0) is 18.8. The van der Waals surface area contributed by atoms with Gasteiger partial charge in [-0.2, -0.15) is 4.98 Å². The Labute approximate surface area is 158 Å². The predicted octanol–water partition coefficient (Wildman–Crippen LogP) is 1.17. The van der Waals surface area contributed by atoms with Gasteiger partial charge < -0.3 is 19.5 Å². The standard InChI is InChI=1S/C19H25N5O3/c1-23-8-7-20-10-16(23)18-21-19(27-22-18)14-9-17(25)24(12-14)11-13-3-5-15(26-2)6-4-13/h3-6,14,16,20H,7-12H2,1-2H3. The van der Waals surface area contributed by atoms with E-state index in [-0.39, 0.29) is 17.9 Å². The first-order valence-corrected chi connectivity index (χ1v) is 9.29. The maximum absolute atomic E-state index is 12.4. The average molecular weight is 371 g/mol. The summed E-state index contributed by atoms with van der Waals surface area (Å²) in [6.07, 6.45) is 0.413. The summed E-state index contributed by atoms with van der Waals surface area (Å²) < 4.78 is 10.7. The maximum atomic E-state index is 12.4. The number of piperazine rings is 1. The van der Waals surface area contributed by atoms with Crippen molar-refractivity contribution in [1.29, 1.82) is 0 Å². The highest BCUT2D eigenvalue weighted by atomic mass is 16.5. The SMILES string of the molecule is COc1ccc(CN2CC(c3nc(C4CNCCN4C)no3)CC2=O)cc1. The molecule has 1 N–H and O–H groups in total. The second-order valence-electron chi connectivity index (χ2n) is 7.21. The molecule has 144 valence electrons. The fraction of sp³-hybridized carbons (Fsp3) is 0.526. The summed E-state index contributed by atoms with van der Waals surface area (Å²) in [4.78, 5) is 21.1. The number of aromatic nitrogens is 2. The molecule has 27 heavy (non-hydrogen) atoms. The minimum Gasteiger partial charge on any atom is -0.497 e. The molecule has 2 fully saturated rings. The highest BCUT2D eigenvalue weighted by molar-refractivity contribution is 5.79. The summed E-state index contributed by atoms with van der Waals surface area (Å²) in [6.45, 7) is 3.91. The number of likely N-dealkylation sites (tertiary alicyclic amines) is 1. The molecule has 4 rings (SSSR count). The van der Waals surface area contributed by atoms with Gasteiger partial charge in [-0.1, -0.05) is 17.3 Å². The van der Waals surface area contributed by atoms with Crippen molar-refractivity contribution in [3.8, 4) is 5.75 Å². The van der Waals surface area contributed by atoms with Crippen LogP contribution in [-0.4, -0.2) is 66.2 Å². The molecular formula is C19H25N5O3. The molecule has 0 radical (unpaired) electrons. The van der Waals surface area contributed by atoms with E-state index in [1.54, 1.807) is 7.11 Å². The molecule has 0 bridgehead atoms. The van der Waals surface area contributed by atoms with Crippen LogP contribution in [0.2, 0.25) is 0 Å². The number of carbonyl (C=O) groups excluding carboxylic acids is 1. The minimum absolute atomic E-state index is 0.0427. The fourth-order valence-electron chi connectivity index (χ4n) is 3.68. The number of hydrogen-bond donors (Lipinski definition) is 1. The quantitative estimate of drug-likeness (QED) is 0.845. The van der Waals surface area contributed by atoms with E-state index in [4.69, 9.17) is 9.26 Å². The summed E-state index contributed by atoms with van der Waals surface area (Å²) in [7, 11) is 3.71. The lowest BCUT2D eigenvalue weighted by molar-refractivity contribution is -0.128. The van der Waals surface area contributed by atoms with Crippen LogP contribution < -0.4 is 10.1 Å². The Morgan fingerprint density at radius 2 is 2.15 bits per heavy atom. The molecule has 0 aliphatic carbocycles. The highest BCUT2D eigenvalue weighted by Gasteiger charge is 2.35. The van der Waals surface area contributed by atoms with E-state index >= 15 is 0 Å². The second-order valence-corrected chi connectivity index (χ2v) is 7.21. The van der Waals surface area contributed by atoms with Gasteiger partial charge in [-0.15, -0.1) is 0 Å². The molecule has 2 saturated heterocycles. The lowest BCUT2D eigenvalue weighted by atomic mass is 10.1. The van der Waals surface area contributed by atoms with E-state index in [0.717, 1.165) is 30.9 Å². The monoisotopic (exact) mass is 371 g/mol. The number of rotatable bonds is 5. The van der Waals surface area contributed by atoms with E-state index in [0.29, 0.717) is 31.2 Å². The van der Waals surface area contributed by atoms with Crippen LogP contribution in [0.15, 0.2) is 28.8 Å². The molecule has 2 aromatic rings. The number of carbonyl (C=O) groups is 1. The Bertz CT molecular complexity index is 791. The molecule has 1 aromatic heterocycles. The van der Waals surface area contributed by atoms with E-state index in [1.165, 1.54) is 0 Å². The van der Waals surface area contributed by atoms with Gasteiger partial charge in [0.2, 0.25) is 11.8 Å². The van der Waals surface area contributed by atoms with E-state index < -0.39 is 0 Å². The first-order valence-electron chi connectivity index (χ1n) is 9.29.